The first kappa shape index (κ1) is 6.35. The summed E-state index contributed by atoms with van der Waals surface area (Å²) in [5.41, 5.74) is 3.48. The third-order valence-electron chi connectivity index (χ3n) is 1.91. The van der Waals surface area contributed by atoms with E-state index in [0.717, 1.165) is 17.6 Å². The average molecular weight is 145 g/mol. The normalized spacial score (nSPS) is 14.4. The second-order valence-electron chi connectivity index (χ2n) is 2.86. The number of rotatable bonds is 0. The van der Waals surface area contributed by atoms with Crippen molar-refractivity contribution in [2.45, 2.75) is 6.42 Å². The lowest BCUT2D eigenvalue weighted by Gasteiger charge is -1.89. The van der Waals surface area contributed by atoms with Gasteiger partial charge in [-0.3, -0.25) is 0 Å². The van der Waals surface area contributed by atoms with Crippen LogP contribution in [-0.2, 0) is 6.42 Å². The summed E-state index contributed by atoms with van der Waals surface area (Å²) in [7, 11) is 0. The summed E-state index contributed by atoms with van der Waals surface area (Å²) >= 11 is 0. The summed E-state index contributed by atoms with van der Waals surface area (Å²) in [4.78, 5) is 0. The molecule has 1 aromatic rings. The minimum Gasteiger partial charge on any atom is -0.500 e. The van der Waals surface area contributed by atoms with Gasteiger partial charge in [0.05, 0.1) is 12.5 Å². The van der Waals surface area contributed by atoms with Crippen LogP contribution in [0, 0.1) is 6.42 Å². The Balaban J connectivity index is 2.51. The van der Waals surface area contributed by atoms with Crippen LogP contribution >= 0.6 is 0 Å². The predicted molar refractivity (Wildman–Crippen MR) is 44.4 cm³/mol. The van der Waals surface area contributed by atoms with Gasteiger partial charge in [0.25, 0.3) is 0 Å². The molecular weight excluding hydrogens is 136 g/mol. The Morgan fingerprint density at radius 1 is 1.45 bits per heavy atom. The van der Waals surface area contributed by atoms with Crippen LogP contribution in [0.25, 0.3) is 0 Å². The molecule has 0 aliphatic heterocycles. The maximum atomic E-state index is 9.13. The van der Waals surface area contributed by atoms with Crippen molar-refractivity contribution in [1.29, 1.82) is 0 Å². The number of allylic oxidation sites excluding steroid dienone is 1. The third-order valence-corrected chi connectivity index (χ3v) is 1.91. The summed E-state index contributed by atoms with van der Waals surface area (Å²) in [6.45, 7) is 3.86. The molecule has 1 nitrogen and oxygen atoms in total. The molecule has 1 aliphatic carbocycles. The van der Waals surface area contributed by atoms with Crippen molar-refractivity contribution >= 4 is 0 Å². The van der Waals surface area contributed by atoms with Gasteiger partial charge in [0.1, 0.15) is 5.56 Å². The lowest BCUT2D eigenvalue weighted by atomic mass is 10.1. The van der Waals surface area contributed by atoms with Gasteiger partial charge in [-0.05, 0) is 12.6 Å². The topological polar surface area (TPSA) is 20.2 Å². The van der Waals surface area contributed by atoms with Gasteiger partial charge < -0.3 is 5.11 Å². The predicted octanol–water partition coefficient (Wildman–Crippen LogP) is 2.06. The molecule has 1 aromatic carbocycles. The number of hydrogen-bond acceptors (Lipinski definition) is 1. The highest BCUT2D eigenvalue weighted by molar-refractivity contribution is 5.51. The summed E-state index contributed by atoms with van der Waals surface area (Å²) in [5.74, 6) is 0.328. The van der Waals surface area contributed by atoms with Crippen LogP contribution < -0.4 is 0 Å². The van der Waals surface area contributed by atoms with Crippen molar-refractivity contribution in [3.05, 3.63) is 47.9 Å². The molecule has 11 heavy (non-hydrogen) atoms. The zero-order valence-electron chi connectivity index (χ0n) is 6.17. The van der Waals surface area contributed by atoms with E-state index in [4.69, 9.17) is 5.11 Å². The maximum Gasteiger partial charge on any atom is 0.160 e. The SMILES string of the molecule is C=C1[CH+]c2cc(O)ccc2C1. The zero-order valence-corrected chi connectivity index (χ0v) is 6.17. The highest BCUT2D eigenvalue weighted by Crippen LogP contribution is 2.29. The quantitative estimate of drug-likeness (QED) is 0.554. The lowest BCUT2D eigenvalue weighted by Crippen LogP contribution is -1.78. The van der Waals surface area contributed by atoms with Crippen LogP contribution in [0.15, 0.2) is 30.4 Å². The van der Waals surface area contributed by atoms with Crippen LogP contribution in [0.2, 0.25) is 0 Å². The number of fused-ring (bicyclic) bond motifs is 1. The first-order valence-corrected chi connectivity index (χ1v) is 3.60. The van der Waals surface area contributed by atoms with Gasteiger partial charge in [0.15, 0.2) is 5.75 Å². The van der Waals surface area contributed by atoms with Crippen molar-refractivity contribution in [1.82, 2.24) is 0 Å². The van der Waals surface area contributed by atoms with Crippen LogP contribution in [0.5, 0.6) is 5.75 Å². The Hall–Kier alpha value is -1.37. The Kier molecular flexibility index (Phi) is 1.19. The molecule has 0 aromatic heterocycles. The van der Waals surface area contributed by atoms with E-state index in [-0.39, 0.29) is 0 Å². The number of phenols is 1. The maximum absolute atomic E-state index is 9.13. The zero-order chi connectivity index (χ0) is 7.84. The van der Waals surface area contributed by atoms with Gasteiger partial charge in [-0.2, -0.15) is 0 Å². The Bertz CT molecular complexity index is 313. The summed E-state index contributed by atoms with van der Waals surface area (Å²) in [6, 6.07) is 5.43. The number of hydrogen-bond donors (Lipinski definition) is 1. The van der Waals surface area contributed by atoms with Crippen molar-refractivity contribution in [3.8, 4) is 5.75 Å². The fourth-order valence-corrected chi connectivity index (χ4v) is 1.39. The average Bonchev–Trinajstić information content (AvgIpc) is 2.27. The highest BCUT2D eigenvalue weighted by Gasteiger charge is 2.21. The molecule has 0 saturated heterocycles. The van der Waals surface area contributed by atoms with Crippen molar-refractivity contribution in [3.63, 3.8) is 0 Å². The van der Waals surface area contributed by atoms with E-state index in [1.165, 1.54) is 5.56 Å². The Morgan fingerprint density at radius 3 is 3.09 bits per heavy atom. The molecular formula is C10H9O+. The van der Waals surface area contributed by atoms with Crippen LogP contribution in [0.3, 0.4) is 0 Å². The third kappa shape index (κ3) is 0.984. The molecule has 0 fully saturated rings. The van der Waals surface area contributed by atoms with E-state index in [1.54, 1.807) is 12.1 Å². The van der Waals surface area contributed by atoms with E-state index in [1.807, 2.05) is 12.5 Å². The molecule has 0 atom stereocenters. The van der Waals surface area contributed by atoms with E-state index in [2.05, 4.69) is 6.58 Å². The minimum atomic E-state index is 0.328. The summed E-state index contributed by atoms with van der Waals surface area (Å²) in [5, 5.41) is 9.13. The van der Waals surface area contributed by atoms with Gasteiger partial charge in [-0.25, -0.2) is 0 Å². The van der Waals surface area contributed by atoms with E-state index in [0.29, 0.717) is 5.75 Å². The molecule has 1 heteroatoms. The van der Waals surface area contributed by atoms with Gasteiger partial charge in [-0.1, -0.05) is 0 Å². The molecule has 0 spiro atoms. The van der Waals surface area contributed by atoms with E-state index >= 15 is 0 Å². The number of phenolic OH excluding ortho intramolecular Hbond substituents is 1. The standard InChI is InChI=1S/C10H8O/c1-7-4-8-2-3-10(11)6-9(8)5-7/h2-3,5-6H,1,4H2/p+1. The van der Waals surface area contributed by atoms with Crippen LogP contribution in [0.1, 0.15) is 11.1 Å². The lowest BCUT2D eigenvalue weighted by molar-refractivity contribution is 0.475. The van der Waals surface area contributed by atoms with Crippen molar-refractivity contribution < 1.29 is 5.11 Å². The number of aromatic hydroxyl groups is 1. The molecule has 2 rings (SSSR count). The largest absolute Gasteiger partial charge is 0.500 e. The smallest absolute Gasteiger partial charge is 0.160 e. The molecule has 0 amide bonds. The molecule has 54 valence electrons. The highest BCUT2D eigenvalue weighted by atomic mass is 16.3. The van der Waals surface area contributed by atoms with E-state index in [9.17, 15) is 0 Å². The summed E-state index contributed by atoms with van der Waals surface area (Å²) in [6.07, 6.45) is 2.94. The van der Waals surface area contributed by atoms with Crippen LogP contribution in [0.4, 0.5) is 0 Å². The monoisotopic (exact) mass is 145 g/mol. The van der Waals surface area contributed by atoms with E-state index < -0.39 is 0 Å². The minimum absolute atomic E-state index is 0.328. The fraction of sp³-hybridized carbons (Fsp3) is 0.100. The van der Waals surface area contributed by atoms with Crippen molar-refractivity contribution in [2.75, 3.05) is 0 Å². The summed E-state index contributed by atoms with van der Waals surface area (Å²) < 4.78 is 0. The molecule has 1 N–H and O–H groups in total. The van der Waals surface area contributed by atoms with Gasteiger partial charge in [0, 0.05) is 23.6 Å². The second-order valence-corrected chi connectivity index (χ2v) is 2.86. The van der Waals surface area contributed by atoms with Gasteiger partial charge >= 0.3 is 0 Å². The van der Waals surface area contributed by atoms with Gasteiger partial charge in [-0.15, -0.1) is 0 Å². The first-order valence-electron chi connectivity index (χ1n) is 3.60. The van der Waals surface area contributed by atoms with Crippen molar-refractivity contribution in [2.24, 2.45) is 0 Å². The molecule has 0 heterocycles. The van der Waals surface area contributed by atoms with Crippen LogP contribution in [-0.4, -0.2) is 5.11 Å². The molecule has 0 saturated carbocycles. The fourth-order valence-electron chi connectivity index (χ4n) is 1.39. The van der Waals surface area contributed by atoms with Gasteiger partial charge in [0.2, 0.25) is 0 Å². The molecule has 0 unspecified atom stereocenters. The molecule has 0 bridgehead atoms. The first-order chi connectivity index (χ1) is 5.25. The molecule has 0 radical (unpaired) electrons. The molecule has 1 aliphatic rings. The second kappa shape index (κ2) is 2.06. The Morgan fingerprint density at radius 2 is 2.27 bits per heavy atom. The number of benzene rings is 1. The Labute approximate surface area is 66.0 Å².